The number of cyclic esters (lactones) is 1. The molecule has 4 heteroatoms. The van der Waals surface area contributed by atoms with Crippen LogP contribution < -0.4 is 5.32 Å². The molecule has 3 atom stereocenters. The first-order valence-electron chi connectivity index (χ1n) is 6.83. The molecule has 0 aromatic heterocycles. The summed E-state index contributed by atoms with van der Waals surface area (Å²) in [5.41, 5.74) is 1.55. The van der Waals surface area contributed by atoms with Gasteiger partial charge in [0.25, 0.3) is 0 Å². The Morgan fingerprint density at radius 2 is 2.44 bits per heavy atom. The number of piperidine rings is 1. The lowest BCUT2D eigenvalue weighted by Gasteiger charge is -2.26. The summed E-state index contributed by atoms with van der Waals surface area (Å²) in [4.78, 5) is 13.2. The number of amides is 1. The van der Waals surface area contributed by atoms with Gasteiger partial charge in [-0.2, -0.15) is 0 Å². The van der Waals surface area contributed by atoms with Gasteiger partial charge in [-0.15, -0.1) is 0 Å². The average Bonchev–Trinajstić information content (AvgIpc) is 2.74. The molecular formula is C14H18N2O2. The number of fused-ring (bicyclic) bond motifs is 1. The Morgan fingerprint density at radius 3 is 3.00 bits per heavy atom. The van der Waals surface area contributed by atoms with E-state index in [0.29, 0.717) is 24.5 Å². The highest BCUT2D eigenvalue weighted by Gasteiger charge is 2.60. The summed E-state index contributed by atoms with van der Waals surface area (Å²) < 4.78 is 4.98. The van der Waals surface area contributed by atoms with E-state index in [1.807, 2.05) is 0 Å². The smallest absolute Gasteiger partial charge is 0.414 e. The Labute approximate surface area is 107 Å². The highest BCUT2D eigenvalue weighted by Crippen LogP contribution is 2.61. The second-order valence-corrected chi connectivity index (χ2v) is 5.86. The average molecular weight is 246 g/mol. The number of nitrogens with one attached hydrogen (secondary N) is 1. The number of carbonyl (C=O) groups is 1. The Morgan fingerprint density at radius 1 is 1.50 bits per heavy atom. The summed E-state index contributed by atoms with van der Waals surface area (Å²) in [6, 6.07) is 0. The van der Waals surface area contributed by atoms with Gasteiger partial charge < -0.3 is 10.1 Å². The second kappa shape index (κ2) is 3.60. The van der Waals surface area contributed by atoms with Crippen molar-refractivity contribution in [1.29, 1.82) is 0 Å². The van der Waals surface area contributed by atoms with Gasteiger partial charge in [0.1, 0.15) is 6.61 Å². The van der Waals surface area contributed by atoms with Crippen molar-refractivity contribution in [1.82, 2.24) is 10.2 Å². The van der Waals surface area contributed by atoms with Gasteiger partial charge in [-0.05, 0) is 42.7 Å². The van der Waals surface area contributed by atoms with Crippen LogP contribution in [0.4, 0.5) is 4.79 Å². The molecular weight excluding hydrogens is 228 g/mol. The van der Waals surface area contributed by atoms with Crippen LogP contribution in [0.5, 0.6) is 0 Å². The lowest BCUT2D eigenvalue weighted by Crippen LogP contribution is -2.27. The third kappa shape index (κ3) is 1.38. The quantitative estimate of drug-likeness (QED) is 0.803. The molecule has 4 nitrogen and oxygen atoms in total. The Bertz CT molecular complexity index is 457. The molecule has 0 aromatic carbocycles. The molecule has 1 saturated carbocycles. The first-order valence-corrected chi connectivity index (χ1v) is 6.83. The molecule has 0 bridgehead atoms. The molecule has 3 fully saturated rings. The molecule has 0 spiro atoms. The van der Waals surface area contributed by atoms with Gasteiger partial charge in [0, 0.05) is 12.2 Å². The van der Waals surface area contributed by atoms with Crippen molar-refractivity contribution in [2.75, 3.05) is 26.2 Å². The number of hydrogen-bond acceptors (Lipinski definition) is 3. The van der Waals surface area contributed by atoms with Crippen LogP contribution in [0, 0.1) is 17.3 Å². The molecule has 96 valence electrons. The van der Waals surface area contributed by atoms with Gasteiger partial charge >= 0.3 is 6.09 Å². The second-order valence-electron chi connectivity index (χ2n) is 5.86. The number of hydrogen-bond donors (Lipinski definition) is 1. The van der Waals surface area contributed by atoms with Gasteiger partial charge in [0.15, 0.2) is 0 Å². The fourth-order valence-corrected chi connectivity index (χ4v) is 3.82. The molecule has 2 aliphatic carbocycles. The number of ether oxygens (including phenoxy) is 1. The van der Waals surface area contributed by atoms with Gasteiger partial charge in [-0.25, -0.2) is 4.79 Å². The summed E-state index contributed by atoms with van der Waals surface area (Å²) in [5, 5.41) is 3.49. The zero-order valence-corrected chi connectivity index (χ0v) is 10.4. The molecule has 1 amide bonds. The fraction of sp³-hybridized carbons (Fsp3) is 0.643. The maximum atomic E-state index is 11.5. The third-order valence-electron chi connectivity index (χ3n) is 5.02. The van der Waals surface area contributed by atoms with Crippen LogP contribution in [0.1, 0.15) is 12.8 Å². The van der Waals surface area contributed by atoms with Gasteiger partial charge in [-0.1, -0.05) is 12.2 Å². The number of carbonyl (C=O) groups excluding carboxylic acids is 1. The van der Waals surface area contributed by atoms with E-state index in [2.05, 4.69) is 23.5 Å². The van der Waals surface area contributed by atoms with E-state index in [-0.39, 0.29) is 6.09 Å². The SMILES string of the molecule is O=C1OCCN1C1=CCC(C23CNCC2C3)C=C1. The lowest BCUT2D eigenvalue weighted by molar-refractivity contribution is 0.164. The number of nitrogens with zero attached hydrogens (tertiary/aromatic N) is 1. The van der Waals surface area contributed by atoms with Crippen molar-refractivity contribution in [3.05, 3.63) is 23.9 Å². The van der Waals surface area contributed by atoms with Gasteiger partial charge in [-0.3, -0.25) is 4.90 Å². The van der Waals surface area contributed by atoms with Crippen molar-refractivity contribution in [3.63, 3.8) is 0 Å². The molecule has 0 aromatic rings. The van der Waals surface area contributed by atoms with E-state index >= 15 is 0 Å². The zero-order chi connectivity index (χ0) is 12.2. The summed E-state index contributed by atoms with van der Waals surface area (Å²) in [6.07, 6.45) is 8.88. The minimum atomic E-state index is -0.200. The first kappa shape index (κ1) is 10.6. The van der Waals surface area contributed by atoms with E-state index in [1.165, 1.54) is 19.5 Å². The largest absolute Gasteiger partial charge is 0.447 e. The van der Waals surface area contributed by atoms with E-state index in [0.717, 1.165) is 18.0 Å². The van der Waals surface area contributed by atoms with Crippen LogP contribution >= 0.6 is 0 Å². The third-order valence-corrected chi connectivity index (χ3v) is 5.02. The van der Waals surface area contributed by atoms with E-state index in [4.69, 9.17) is 4.74 Å². The first-order chi connectivity index (χ1) is 8.79. The summed E-state index contributed by atoms with van der Waals surface area (Å²) in [6.45, 7) is 3.57. The molecule has 3 unspecified atom stereocenters. The van der Waals surface area contributed by atoms with Crippen molar-refractivity contribution in [2.45, 2.75) is 12.8 Å². The molecule has 4 rings (SSSR count). The molecule has 0 radical (unpaired) electrons. The Balaban J connectivity index is 1.48. The maximum Gasteiger partial charge on any atom is 0.414 e. The molecule has 2 aliphatic heterocycles. The summed E-state index contributed by atoms with van der Waals surface area (Å²) in [7, 11) is 0. The fourth-order valence-electron chi connectivity index (χ4n) is 3.82. The van der Waals surface area contributed by atoms with Gasteiger partial charge in [0.2, 0.25) is 0 Å². The molecule has 1 N–H and O–H groups in total. The topological polar surface area (TPSA) is 41.6 Å². The number of rotatable bonds is 2. The molecule has 2 heterocycles. The monoisotopic (exact) mass is 246 g/mol. The maximum absolute atomic E-state index is 11.5. The van der Waals surface area contributed by atoms with Crippen LogP contribution in [-0.2, 0) is 4.74 Å². The van der Waals surface area contributed by atoms with Crippen LogP contribution in [0.3, 0.4) is 0 Å². The van der Waals surface area contributed by atoms with Crippen molar-refractivity contribution < 1.29 is 9.53 Å². The molecule has 18 heavy (non-hydrogen) atoms. The van der Waals surface area contributed by atoms with Crippen LogP contribution in [0.15, 0.2) is 23.9 Å². The lowest BCUT2D eigenvalue weighted by atomic mass is 9.83. The minimum absolute atomic E-state index is 0.200. The van der Waals surface area contributed by atoms with Crippen LogP contribution in [-0.4, -0.2) is 37.2 Å². The Kier molecular flexibility index (Phi) is 2.13. The predicted octanol–water partition coefficient (Wildman–Crippen LogP) is 1.51. The highest BCUT2D eigenvalue weighted by atomic mass is 16.6. The van der Waals surface area contributed by atoms with Gasteiger partial charge in [0.05, 0.1) is 6.54 Å². The normalized spacial score (nSPS) is 41.7. The zero-order valence-electron chi connectivity index (χ0n) is 10.4. The Hall–Kier alpha value is -1.29. The van der Waals surface area contributed by atoms with E-state index in [1.54, 1.807) is 4.90 Å². The van der Waals surface area contributed by atoms with E-state index in [9.17, 15) is 4.79 Å². The predicted molar refractivity (Wildman–Crippen MR) is 66.8 cm³/mol. The summed E-state index contributed by atoms with van der Waals surface area (Å²) >= 11 is 0. The molecule has 2 saturated heterocycles. The van der Waals surface area contributed by atoms with Crippen molar-refractivity contribution in [2.24, 2.45) is 17.3 Å². The summed E-state index contributed by atoms with van der Waals surface area (Å²) in [5.74, 6) is 1.54. The number of allylic oxidation sites excluding steroid dienone is 3. The van der Waals surface area contributed by atoms with Crippen molar-refractivity contribution >= 4 is 6.09 Å². The minimum Gasteiger partial charge on any atom is -0.447 e. The van der Waals surface area contributed by atoms with Crippen LogP contribution in [0.25, 0.3) is 0 Å². The van der Waals surface area contributed by atoms with Crippen LogP contribution in [0.2, 0.25) is 0 Å². The highest BCUT2D eigenvalue weighted by molar-refractivity contribution is 5.72. The van der Waals surface area contributed by atoms with E-state index < -0.39 is 0 Å². The van der Waals surface area contributed by atoms with Crippen molar-refractivity contribution in [3.8, 4) is 0 Å². The molecule has 4 aliphatic rings. The standard InChI is InChI=1S/C14H18N2O2/c17-13-16(5-6-18-13)12-3-1-10(2-4-12)14-7-11(14)8-15-9-14/h1,3-4,10-11,15H,2,5-9H2.